The van der Waals surface area contributed by atoms with Gasteiger partial charge in [0, 0.05) is 33.2 Å². The first-order valence-electron chi connectivity index (χ1n) is 6.29. The average Bonchev–Trinajstić information content (AvgIpc) is 2.37. The number of hydrogen-bond donors (Lipinski definition) is 1. The van der Waals surface area contributed by atoms with Crippen molar-refractivity contribution in [3.63, 3.8) is 0 Å². The molecular weight excluding hydrogens is 270 g/mol. The van der Waals surface area contributed by atoms with Crippen molar-refractivity contribution in [1.29, 1.82) is 0 Å². The van der Waals surface area contributed by atoms with Gasteiger partial charge in [-0.25, -0.2) is 0 Å². The highest BCUT2D eigenvalue weighted by atomic mass is 32.2. The molecule has 0 radical (unpaired) electrons. The molecule has 0 bridgehead atoms. The Morgan fingerprint density at radius 1 is 1.00 bits per heavy atom. The Hall–Kier alpha value is -1.94. The van der Waals surface area contributed by atoms with Crippen LogP contribution in [-0.2, 0) is 10.8 Å². The first-order chi connectivity index (χ1) is 9.45. The van der Waals surface area contributed by atoms with Crippen molar-refractivity contribution in [2.45, 2.75) is 18.7 Å². The third-order valence-electron chi connectivity index (χ3n) is 2.93. The minimum Gasteiger partial charge on any atom is -0.322 e. The Morgan fingerprint density at radius 2 is 1.55 bits per heavy atom. The molecule has 3 nitrogen and oxygen atoms in total. The van der Waals surface area contributed by atoms with Gasteiger partial charge in [0.2, 0.25) is 0 Å². The van der Waals surface area contributed by atoms with Crippen LogP contribution in [0.25, 0.3) is 0 Å². The minimum atomic E-state index is -1.03. The van der Waals surface area contributed by atoms with E-state index in [1.54, 1.807) is 30.5 Å². The molecule has 4 heteroatoms. The van der Waals surface area contributed by atoms with Crippen LogP contribution in [0, 0.1) is 13.8 Å². The van der Waals surface area contributed by atoms with Gasteiger partial charge in [-0.2, -0.15) is 0 Å². The number of hydrogen-bond acceptors (Lipinski definition) is 2. The molecule has 104 valence electrons. The summed E-state index contributed by atoms with van der Waals surface area (Å²) in [6.07, 6.45) is 1.62. The highest BCUT2D eigenvalue weighted by molar-refractivity contribution is 7.84. The van der Waals surface area contributed by atoms with E-state index < -0.39 is 10.8 Å². The van der Waals surface area contributed by atoms with Gasteiger partial charge in [-0.05, 0) is 61.4 Å². The molecule has 2 aromatic rings. The predicted octanol–water partition coefficient (Wildman–Crippen LogP) is 3.29. The van der Waals surface area contributed by atoms with E-state index in [-0.39, 0.29) is 5.91 Å². The van der Waals surface area contributed by atoms with Gasteiger partial charge in [0.1, 0.15) is 0 Å². The molecule has 0 saturated carbocycles. The number of nitrogens with one attached hydrogen (secondary N) is 1. The van der Waals surface area contributed by atoms with E-state index in [0.29, 0.717) is 10.5 Å². The summed E-state index contributed by atoms with van der Waals surface area (Å²) >= 11 is 0. The Kier molecular flexibility index (Phi) is 4.35. The normalized spacial score (nSPS) is 11.9. The number of anilines is 1. The van der Waals surface area contributed by atoms with E-state index in [2.05, 4.69) is 11.4 Å². The maximum atomic E-state index is 12.1. The molecule has 0 aromatic heterocycles. The van der Waals surface area contributed by atoms with Crippen molar-refractivity contribution in [3.05, 3.63) is 59.2 Å². The highest BCUT2D eigenvalue weighted by Crippen LogP contribution is 2.15. The second-order valence-electron chi connectivity index (χ2n) is 4.81. The standard InChI is InChI=1S/C16H17NO2S/c1-11-8-12(2)10-14(9-11)17-16(18)13-4-6-15(7-5-13)20(3)19/h4-10H,1-3H3,(H,17,18). The van der Waals surface area contributed by atoms with Gasteiger partial charge in [-0.1, -0.05) is 6.07 Å². The molecule has 2 rings (SSSR count). The molecular formula is C16H17NO2S. The summed E-state index contributed by atoms with van der Waals surface area (Å²) in [4.78, 5) is 12.8. The second-order valence-corrected chi connectivity index (χ2v) is 6.19. The van der Waals surface area contributed by atoms with Crippen molar-refractivity contribution < 1.29 is 9.00 Å². The maximum absolute atomic E-state index is 12.1. The zero-order valence-corrected chi connectivity index (χ0v) is 12.6. The Morgan fingerprint density at radius 3 is 2.05 bits per heavy atom. The largest absolute Gasteiger partial charge is 0.322 e. The second kappa shape index (κ2) is 6.01. The molecule has 2 aromatic carbocycles. The van der Waals surface area contributed by atoms with Crippen LogP contribution in [-0.4, -0.2) is 16.4 Å². The predicted molar refractivity (Wildman–Crippen MR) is 82.6 cm³/mol. The fourth-order valence-corrected chi connectivity index (χ4v) is 2.57. The Balaban J connectivity index is 2.17. The summed E-state index contributed by atoms with van der Waals surface area (Å²) in [5.74, 6) is -0.163. The van der Waals surface area contributed by atoms with Crippen LogP contribution in [0.5, 0.6) is 0 Å². The third-order valence-corrected chi connectivity index (χ3v) is 3.86. The summed E-state index contributed by atoms with van der Waals surface area (Å²) < 4.78 is 11.3. The van der Waals surface area contributed by atoms with Crippen molar-refractivity contribution >= 4 is 22.4 Å². The molecule has 1 atom stereocenters. The lowest BCUT2D eigenvalue weighted by Crippen LogP contribution is -2.12. The number of amides is 1. The number of rotatable bonds is 3. The van der Waals surface area contributed by atoms with Crippen LogP contribution in [0.3, 0.4) is 0 Å². The van der Waals surface area contributed by atoms with Gasteiger partial charge >= 0.3 is 0 Å². The average molecular weight is 287 g/mol. The smallest absolute Gasteiger partial charge is 0.255 e. The number of benzene rings is 2. The summed E-state index contributed by atoms with van der Waals surface area (Å²) in [7, 11) is -1.03. The minimum absolute atomic E-state index is 0.163. The zero-order chi connectivity index (χ0) is 14.7. The number of aryl methyl sites for hydroxylation is 2. The van der Waals surface area contributed by atoms with Crippen LogP contribution in [0.2, 0.25) is 0 Å². The summed E-state index contributed by atoms with van der Waals surface area (Å²) in [5, 5.41) is 2.87. The Bertz CT molecular complexity index is 642. The van der Waals surface area contributed by atoms with Gasteiger partial charge in [0.05, 0.1) is 0 Å². The lowest BCUT2D eigenvalue weighted by Gasteiger charge is -2.08. The van der Waals surface area contributed by atoms with Crippen LogP contribution >= 0.6 is 0 Å². The fourth-order valence-electron chi connectivity index (χ4n) is 2.05. The van der Waals surface area contributed by atoms with E-state index in [1.165, 1.54) is 0 Å². The molecule has 0 heterocycles. The van der Waals surface area contributed by atoms with E-state index in [4.69, 9.17) is 0 Å². The van der Waals surface area contributed by atoms with E-state index in [0.717, 1.165) is 16.8 Å². The van der Waals surface area contributed by atoms with Gasteiger partial charge in [-0.15, -0.1) is 0 Å². The fraction of sp³-hybridized carbons (Fsp3) is 0.188. The molecule has 0 spiro atoms. The molecule has 1 unspecified atom stereocenters. The quantitative estimate of drug-likeness (QED) is 0.941. The Labute approximate surface area is 121 Å². The van der Waals surface area contributed by atoms with Gasteiger partial charge in [-0.3, -0.25) is 9.00 Å². The lowest BCUT2D eigenvalue weighted by atomic mass is 10.1. The maximum Gasteiger partial charge on any atom is 0.255 e. The lowest BCUT2D eigenvalue weighted by molar-refractivity contribution is 0.102. The zero-order valence-electron chi connectivity index (χ0n) is 11.8. The monoisotopic (exact) mass is 287 g/mol. The molecule has 0 saturated heterocycles. The van der Waals surface area contributed by atoms with E-state index in [9.17, 15) is 9.00 Å². The summed E-state index contributed by atoms with van der Waals surface area (Å²) in [5.41, 5.74) is 3.56. The first-order valence-corrected chi connectivity index (χ1v) is 7.84. The van der Waals surface area contributed by atoms with Gasteiger partial charge < -0.3 is 5.32 Å². The molecule has 0 aliphatic rings. The van der Waals surface area contributed by atoms with Crippen LogP contribution in [0.4, 0.5) is 5.69 Å². The van der Waals surface area contributed by atoms with Crippen molar-refractivity contribution in [2.75, 3.05) is 11.6 Å². The topological polar surface area (TPSA) is 46.2 Å². The molecule has 0 aliphatic carbocycles. The SMILES string of the molecule is Cc1cc(C)cc(NC(=O)c2ccc(S(C)=O)cc2)c1. The van der Waals surface area contributed by atoms with Gasteiger partial charge in [0.25, 0.3) is 5.91 Å². The number of carbonyl (C=O) groups excluding carboxylic acids is 1. The van der Waals surface area contributed by atoms with Crippen LogP contribution in [0.1, 0.15) is 21.5 Å². The third kappa shape index (κ3) is 3.54. The number of carbonyl (C=O) groups is 1. The summed E-state index contributed by atoms with van der Waals surface area (Å²) in [6.45, 7) is 3.99. The van der Waals surface area contributed by atoms with Crippen LogP contribution in [0.15, 0.2) is 47.4 Å². The molecule has 1 amide bonds. The molecule has 0 aliphatic heterocycles. The van der Waals surface area contributed by atoms with Crippen molar-refractivity contribution in [2.24, 2.45) is 0 Å². The van der Waals surface area contributed by atoms with E-state index in [1.807, 2.05) is 26.0 Å². The molecule has 20 heavy (non-hydrogen) atoms. The molecule has 0 fully saturated rings. The van der Waals surface area contributed by atoms with Crippen molar-refractivity contribution in [3.8, 4) is 0 Å². The molecule has 1 N–H and O–H groups in total. The van der Waals surface area contributed by atoms with Crippen LogP contribution < -0.4 is 5.32 Å². The summed E-state index contributed by atoms with van der Waals surface area (Å²) in [6, 6.07) is 12.7. The van der Waals surface area contributed by atoms with E-state index >= 15 is 0 Å². The van der Waals surface area contributed by atoms with Gasteiger partial charge in [0.15, 0.2) is 0 Å². The first kappa shape index (κ1) is 14.5. The highest BCUT2D eigenvalue weighted by Gasteiger charge is 2.07. The van der Waals surface area contributed by atoms with Crippen molar-refractivity contribution in [1.82, 2.24) is 0 Å².